The highest BCUT2D eigenvalue weighted by Gasteiger charge is 2.19. The zero-order valence-corrected chi connectivity index (χ0v) is 15.2. The Morgan fingerprint density at radius 2 is 1.91 bits per heavy atom. The number of aryl methyl sites for hydroxylation is 1. The minimum Gasteiger partial charge on any atom is -0.462 e. The molecule has 0 saturated heterocycles. The van der Waals surface area contributed by atoms with Gasteiger partial charge in [-0.25, -0.2) is 9.59 Å². The van der Waals surface area contributed by atoms with Crippen molar-refractivity contribution in [1.82, 2.24) is 0 Å². The SMILES string of the molecule is CCOC(=O)c1sc(CBr)cc1NC(=O)Nc1ccc(C)cc1. The van der Waals surface area contributed by atoms with Crippen molar-refractivity contribution >= 4 is 50.6 Å². The Hall–Kier alpha value is -1.86. The summed E-state index contributed by atoms with van der Waals surface area (Å²) in [5.41, 5.74) is 2.24. The lowest BCUT2D eigenvalue weighted by Gasteiger charge is -2.08. The zero-order chi connectivity index (χ0) is 16.8. The van der Waals surface area contributed by atoms with Crippen LogP contribution in [0.2, 0.25) is 0 Å². The van der Waals surface area contributed by atoms with E-state index in [0.29, 0.717) is 21.6 Å². The fourth-order valence-electron chi connectivity index (χ4n) is 1.87. The van der Waals surface area contributed by atoms with Crippen LogP contribution in [0.3, 0.4) is 0 Å². The normalized spacial score (nSPS) is 10.2. The average Bonchev–Trinajstić information content (AvgIpc) is 2.93. The van der Waals surface area contributed by atoms with Gasteiger partial charge in [0.25, 0.3) is 0 Å². The van der Waals surface area contributed by atoms with Crippen LogP contribution in [-0.4, -0.2) is 18.6 Å². The summed E-state index contributed by atoms with van der Waals surface area (Å²) in [7, 11) is 0. The van der Waals surface area contributed by atoms with Crippen LogP contribution in [0, 0.1) is 6.92 Å². The molecule has 0 aliphatic heterocycles. The van der Waals surface area contributed by atoms with E-state index in [0.717, 1.165) is 10.4 Å². The second kappa shape index (κ2) is 8.12. The maximum absolute atomic E-state index is 12.1. The van der Waals surface area contributed by atoms with E-state index in [1.165, 1.54) is 11.3 Å². The number of hydrogen-bond donors (Lipinski definition) is 2. The second-order valence-electron chi connectivity index (χ2n) is 4.75. The molecule has 0 radical (unpaired) electrons. The van der Waals surface area contributed by atoms with E-state index >= 15 is 0 Å². The molecule has 0 unspecified atom stereocenters. The molecular weight excluding hydrogens is 380 g/mol. The van der Waals surface area contributed by atoms with E-state index in [2.05, 4.69) is 26.6 Å². The van der Waals surface area contributed by atoms with Crippen molar-refractivity contribution in [3.8, 4) is 0 Å². The molecule has 2 N–H and O–H groups in total. The number of rotatable bonds is 5. The maximum atomic E-state index is 12.1. The van der Waals surface area contributed by atoms with Gasteiger partial charge >= 0.3 is 12.0 Å². The fourth-order valence-corrected chi connectivity index (χ4v) is 3.23. The largest absolute Gasteiger partial charge is 0.462 e. The van der Waals surface area contributed by atoms with E-state index in [-0.39, 0.29) is 6.61 Å². The Morgan fingerprint density at radius 1 is 1.22 bits per heavy atom. The molecule has 0 fully saturated rings. The minimum atomic E-state index is -0.435. The van der Waals surface area contributed by atoms with Gasteiger partial charge in [0.05, 0.1) is 12.3 Å². The van der Waals surface area contributed by atoms with Gasteiger partial charge in [0.1, 0.15) is 4.88 Å². The van der Waals surface area contributed by atoms with E-state index < -0.39 is 12.0 Å². The van der Waals surface area contributed by atoms with Crippen molar-refractivity contribution in [2.75, 3.05) is 17.2 Å². The quantitative estimate of drug-likeness (QED) is 0.564. The number of nitrogens with one attached hydrogen (secondary N) is 2. The monoisotopic (exact) mass is 396 g/mol. The first-order chi connectivity index (χ1) is 11.0. The zero-order valence-electron chi connectivity index (χ0n) is 12.8. The lowest BCUT2D eigenvalue weighted by molar-refractivity contribution is 0.0533. The van der Waals surface area contributed by atoms with Crippen molar-refractivity contribution in [3.05, 3.63) is 45.6 Å². The Bertz CT molecular complexity index is 698. The van der Waals surface area contributed by atoms with Crippen LogP contribution in [-0.2, 0) is 10.1 Å². The molecule has 0 atom stereocenters. The van der Waals surface area contributed by atoms with Gasteiger partial charge in [0.2, 0.25) is 0 Å². The van der Waals surface area contributed by atoms with Crippen LogP contribution in [0.4, 0.5) is 16.2 Å². The highest BCUT2D eigenvalue weighted by Crippen LogP contribution is 2.29. The summed E-state index contributed by atoms with van der Waals surface area (Å²) in [6.45, 7) is 4.01. The Labute approximate surface area is 147 Å². The number of urea groups is 1. The van der Waals surface area contributed by atoms with Crippen LogP contribution in [0.25, 0.3) is 0 Å². The van der Waals surface area contributed by atoms with Crippen molar-refractivity contribution in [2.24, 2.45) is 0 Å². The first-order valence-corrected chi connectivity index (χ1v) is 8.97. The number of esters is 1. The van der Waals surface area contributed by atoms with Crippen LogP contribution in [0.5, 0.6) is 0 Å². The molecule has 0 aliphatic rings. The van der Waals surface area contributed by atoms with Gasteiger partial charge in [-0.2, -0.15) is 0 Å². The Morgan fingerprint density at radius 3 is 2.52 bits per heavy atom. The summed E-state index contributed by atoms with van der Waals surface area (Å²) < 4.78 is 5.02. The number of alkyl halides is 1. The average molecular weight is 397 g/mol. The van der Waals surface area contributed by atoms with Crippen molar-refractivity contribution in [1.29, 1.82) is 0 Å². The summed E-state index contributed by atoms with van der Waals surface area (Å²) in [6, 6.07) is 8.82. The molecule has 2 rings (SSSR count). The predicted molar refractivity (Wildman–Crippen MR) is 96.7 cm³/mol. The molecule has 7 heteroatoms. The third kappa shape index (κ3) is 4.80. The molecular formula is C16H17BrN2O3S. The summed E-state index contributed by atoms with van der Waals surface area (Å²) >= 11 is 4.64. The number of thiophene rings is 1. The highest BCUT2D eigenvalue weighted by atomic mass is 79.9. The molecule has 122 valence electrons. The smallest absolute Gasteiger partial charge is 0.350 e. The van der Waals surface area contributed by atoms with E-state index in [9.17, 15) is 9.59 Å². The topological polar surface area (TPSA) is 67.4 Å². The summed E-state index contributed by atoms with van der Waals surface area (Å²) in [4.78, 5) is 25.4. The predicted octanol–water partition coefficient (Wildman–Crippen LogP) is 4.77. The van der Waals surface area contributed by atoms with E-state index in [4.69, 9.17) is 4.74 Å². The van der Waals surface area contributed by atoms with E-state index in [1.54, 1.807) is 13.0 Å². The molecule has 1 aromatic heterocycles. The van der Waals surface area contributed by atoms with Gasteiger partial charge in [0, 0.05) is 15.9 Å². The van der Waals surface area contributed by atoms with Gasteiger partial charge in [0.15, 0.2) is 0 Å². The molecule has 0 aliphatic carbocycles. The van der Waals surface area contributed by atoms with Crippen LogP contribution in [0.1, 0.15) is 27.0 Å². The number of carbonyl (C=O) groups excluding carboxylic acids is 2. The summed E-state index contributed by atoms with van der Waals surface area (Å²) in [5.74, 6) is -0.435. The van der Waals surface area contributed by atoms with Crippen molar-refractivity contribution in [3.63, 3.8) is 0 Å². The molecule has 2 amide bonds. The van der Waals surface area contributed by atoms with E-state index in [1.807, 2.05) is 31.2 Å². The summed E-state index contributed by atoms with van der Waals surface area (Å²) in [5, 5.41) is 6.04. The fraction of sp³-hybridized carbons (Fsp3) is 0.250. The molecule has 1 aromatic carbocycles. The Balaban J connectivity index is 2.11. The van der Waals surface area contributed by atoms with Crippen molar-refractivity contribution < 1.29 is 14.3 Å². The lowest BCUT2D eigenvalue weighted by Crippen LogP contribution is -2.20. The molecule has 23 heavy (non-hydrogen) atoms. The molecule has 0 saturated carbocycles. The maximum Gasteiger partial charge on any atom is 0.350 e. The lowest BCUT2D eigenvalue weighted by atomic mass is 10.2. The number of carbonyl (C=O) groups is 2. The minimum absolute atomic E-state index is 0.287. The molecule has 2 aromatic rings. The number of hydrogen-bond acceptors (Lipinski definition) is 4. The molecule has 1 heterocycles. The van der Waals surface area contributed by atoms with Crippen LogP contribution < -0.4 is 10.6 Å². The Kier molecular flexibility index (Phi) is 6.18. The first kappa shape index (κ1) is 17.5. The number of ether oxygens (including phenoxy) is 1. The standard InChI is InChI=1S/C16H17BrN2O3S/c1-3-22-15(20)14-13(8-12(9-17)23-14)19-16(21)18-11-6-4-10(2)5-7-11/h4-8H,3,9H2,1-2H3,(H2,18,19,21). The number of amides is 2. The second-order valence-corrected chi connectivity index (χ2v) is 6.45. The van der Waals surface area contributed by atoms with Gasteiger partial charge in [-0.05, 0) is 32.0 Å². The molecule has 0 bridgehead atoms. The van der Waals surface area contributed by atoms with Gasteiger partial charge in [-0.3, -0.25) is 0 Å². The third-order valence-corrected chi connectivity index (χ3v) is 5.02. The molecule has 0 spiro atoms. The van der Waals surface area contributed by atoms with Gasteiger partial charge in [-0.1, -0.05) is 33.6 Å². The van der Waals surface area contributed by atoms with Crippen LogP contribution >= 0.6 is 27.3 Å². The number of anilines is 2. The van der Waals surface area contributed by atoms with Gasteiger partial charge in [-0.15, -0.1) is 11.3 Å². The number of halogens is 1. The van der Waals surface area contributed by atoms with Crippen LogP contribution in [0.15, 0.2) is 30.3 Å². The highest BCUT2D eigenvalue weighted by molar-refractivity contribution is 9.08. The third-order valence-electron chi connectivity index (χ3n) is 2.93. The first-order valence-electron chi connectivity index (χ1n) is 7.04. The van der Waals surface area contributed by atoms with Gasteiger partial charge < -0.3 is 15.4 Å². The summed E-state index contributed by atoms with van der Waals surface area (Å²) in [6.07, 6.45) is 0. The number of benzene rings is 1. The molecule has 5 nitrogen and oxygen atoms in total. The van der Waals surface area contributed by atoms with Crippen molar-refractivity contribution in [2.45, 2.75) is 19.2 Å².